The van der Waals surface area contributed by atoms with Gasteiger partial charge in [0.05, 0.1) is 29.3 Å². The van der Waals surface area contributed by atoms with Gasteiger partial charge in [0.25, 0.3) is 0 Å². The van der Waals surface area contributed by atoms with Crippen LogP contribution < -0.4 is 10.1 Å². The average molecular weight is 479 g/mol. The molecule has 5 rings (SSSR count). The highest BCUT2D eigenvalue weighted by Gasteiger charge is 2.15. The third-order valence-corrected chi connectivity index (χ3v) is 6.36. The zero-order chi connectivity index (χ0) is 22.9. The van der Waals surface area contributed by atoms with Gasteiger partial charge in [0.2, 0.25) is 5.91 Å². The van der Waals surface area contributed by atoms with E-state index in [1.165, 1.54) is 11.8 Å². The van der Waals surface area contributed by atoms with Gasteiger partial charge in [-0.2, -0.15) is 5.10 Å². The van der Waals surface area contributed by atoms with E-state index < -0.39 is 0 Å². The van der Waals surface area contributed by atoms with Crippen LogP contribution in [0.1, 0.15) is 5.56 Å². The van der Waals surface area contributed by atoms with Crippen molar-refractivity contribution in [2.24, 2.45) is 0 Å². The normalized spacial score (nSPS) is 11.2. The van der Waals surface area contributed by atoms with Crippen molar-refractivity contribution in [1.29, 1.82) is 0 Å². The summed E-state index contributed by atoms with van der Waals surface area (Å²) in [7, 11) is 1.64. The summed E-state index contributed by atoms with van der Waals surface area (Å²) >= 11 is 7.51. The molecule has 0 aliphatic rings. The molecule has 0 atom stereocenters. The number of carbonyl (C=O) groups is 1. The van der Waals surface area contributed by atoms with Crippen molar-refractivity contribution in [1.82, 2.24) is 24.2 Å². The van der Waals surface area contributed by atoms with Crippen molar-refractivity contribution in [3.05, 3.63) is 71.5 Å². The lowest BCUT2D eigenvalue weighted by Crippen LogP contribution is -2.14. The van der Waals surface area contributed by atoms with E-state index in [1.807, 2.05) is 66.2 Å². The molecular formula is C23H19ClN6O2S. The number of thioether (sulfide) groups is 1. The smallest absolute Gasteiger partial charge is 0.234 e. The Balaban J connectivity index is 1.35. The minimum Gasteiger partial charge on any atom is -0.497 e. The number of aromatic nitrogens is 5. The van der Waals surface area contributed by atoms with Gasteiger partial charge >= 0.3 is 0 Å². The number of carbonyl (C=O) groups excluding carboxylic acids is 1. The Labute approximate surface area is 198 Å². The van der Waals surface area contributed by atoms with Crippen LogP contribution in [-0.4, -0.2) is 43.0 Å². The summed E-state index contributed by atoms with van der Waals surface area (Å²) in [6.07, 6.45) is 3.68. The number of methoxy groups -OCH3 is 1. The van der Waals surface area contributed by atoms with E-state index in [2.05, 4.69) is 20.6 Å². The predicted molar refractivity (Wildman–Crippen MR) is 129 cm³/mol. The van der Waals surface area contributed by atoms with Crippen molar-refractivity contribution in [2.45, 2.75) is 12.1 Å². The number of anilines is 1. The minimum atomic E-state index is -0.172. The number of halogens is 1. The van der Waals surface area contributed by atoms with E-state index in [0.29, 0.717) is 21.5 Å². The van der Waals surface area contributed by atoms with Gasteiger partial charge < -0.3 is 10.1 Å². The first kappa shape index (κ1) is 21.3. The Morgan fingerprint density at radius 3 is 2.70 bits per heavy atom. The summed E-state index contributed by atoms with van der Waals surface area (Å²) in [5.41, 5.74) is 4.89. The molecule has 0 saturated carbocycles. The van der Waals surface area contributed by atoms with Gasteiger partial charge in [-0.3, -0.25) is 9.20 Å². The maximum Gasteiger partial charge on any atom is 0.234 e. The molecule has 0 saturated heterocycles. The minimum absolute atomic E-state index is 0.172. The monoisotopic (exact) mass is 478 g/mol. The van der Waals surface area contributed by atoms with Crippen LogP contribution in [0.15, 0.2) is 66.1 Å². The highest BCUT2D eigenvalue weighted by atomic mass is 35.5. The quantitative estimate of drug-likeness (QED) is 0.354. The number of aryl methyl sites for hydroxylation is 1. The van der Waals surface area contributed by atoms with Crippen molar-refractivity contribution >= 4 is 46.1 Å². The van der Waals surface area contributed by atoms with E-state index in [9.17, 15) is 4.79 Å². The van der Waals surface area contributed by atoms with Crippen LogP contribution in [0.5, 0.6) is 5.75 Å². The molecular weight excluding hydrogens is 460 g/mol. The van der Waals surface area contributed by atoms with Crippen LogP contribution in [0.2, 0.25) is 5.02 Å². The highest BCUT2D eigenvalue weighted by Crippen LogP contribution is 2.26. The third kappa shape index (κ3) is 4.24. The fraction of sp³-hybridized carbons (Fsp3) is 0.130. The fourth-order valence-electron chi connectivity index (χ4n) is 3.43. The summed E-state index contributed by atoms with van der Waals surface area (Å²) in [6, 6.07) is 15.2. The number of nitrogens with zero attached hydrogens (tertiary/aromatic N) is 5. The Morgan fingerprint density at radius 1 is 1.12 bits per heavy atom. The first-order chi connectivity index (χ1) is 16.0. The molecule has 3 aromatic heterocycles. The van der Waals surface area contributed by atoms with Crippen LogP contribution in [0.4, 0.5) is 5.69 Å². The van der Waals surface area contributed by atoms with Gasteiger partial charge in [-0.05, 0) is 55.0 Å². The molecule has 0 fully saturated rings. The molecule has 8 nitrogen and oxygen atoms in total. The number of hydrogen-bond acceptors (Lipinski definition) is 6. The number of rotatable bonds is 6. The Hall–Kier alpha value is -3.56. The van der Waals surface area contributed by atoms with E-state index in [1.54, 1.807) is 17.7 Å². The summed E-state index contributed by atoms with van der Waals surface area (Å²) in [5.74, 6) is 0.791. The molecule has 1 amide bonds. The Morgan fingerprint density at radius 2 is 1.94 bits per heavy atom. The second-order valence-corrected chi connectivity index (χ2v) is 8.73. The van der Waals surface area contributed by atoms with Crippen molar-refractivity contribution in [2.75, 3.05) is 18.2 Å². The number of benzene rings is 2. The summed E-state index contributed by atoms with van der Waals surface area (Å²) < 4.78 is 8.84. The SMILES string of the molecule is COc1ccc(-c2cc3c4nnc(SCC(=O)Nc5ccc(C)cc5Cl)n4ccn3n2)cc1. The fourth-order valence-corrected chi connectivity index (χ4v) is 4.43. The second-order valence-electron chi connectivity index (χ2n) is 7.38. The summed E-state index contributed by atoms with van der Waals surface area (Å²) in [6.45, 7) is 1.95. The van der Waals surface area contributed by atoms with Crippen LogP contribution in [0, 0.1) is 6.92 Å². The summed E-state index contributed by atoms with van der Waals surface area (Å²) in [5, 5.41) is 17.2. The number of fused-ring (bicyclic) bond motifs is 3. The standard InChI is InChI=1S/C23H19ClN6O2S/c1-14-3-8-18(17(24)11-14)25-21(31)13-33-23-27-26-22-20-12-19(28-30(20)10-9-29(22)23)15-4-6-16(32-2)7-5-15/h3-12H,13H2,1-2H3,(H,25,31). The maximum absolute atomic E-state index is 12.4. The van der Waals surface area contributed by atoms with Crippen LogP contribution in [0.25, 0.3) is 22.4 Å². The highest BCUT2D eigenvalue weighted by molar-refractivity contribution is 7.99. The van der Waals surface area contributed by atoms with Gasteiger partial charge in [-0.1, -0.05) is 29.4 Å². The molecule has 0 spiro atoms. The zero-order valence-electron chi connectivity index (χ0n) is 17.8. The summed E-state index contributed by atoms with van der Waals surface area (Å²) in [4.78, 5) is 12.4. The van der Waals surface area contributed by atoms with Crippen molar-refractivity contribution in [3.63, 3.8) is 0 Å². The number of amides is 1. The molecule has 33 heavy (non-hydrogen) atoms. The lowest BCUT2D eigenvalue weighted by Gasteiger charge is -2.07. The molecule has 0 aliphatic heterocycles. The van der Waals surface area contributed by atoms with Gasteiger partial charge in [0.15, 0.2) is 10.8 Å². The predicted octanol–water partition coefficient (Wildman–Crippen LogP) is 4.75. The first-order valence-corrected chi connectivity index (χ1v) is 11.4. The van der Waals surface area contributed by atoms with Gasteiger partial charge in [0, 0.05) is 18.0 Å². The molecule has 10 heteroatoms. The van der Waals surface area contributed by atoms with Gasteiger partial charge in [-0.15, -0.1) is 10.2 Å². The number of ether oxygens (including phenoxy) is 1. The maximum atomic E-state index is 12.4. The van der Waals surface area contributed by atoms with E-state index in [4.69, 9.17) is 16.3 Å². The first-order valence-electron chi connectivity index (χ1n) is 10.1. The van der Waals surface area contributed by atoms with Crippen molar-refractivity contribution < 1.29 is 9.53 Å². The lowest BCUT2D eigenvalue weighted by atomic mass is 10.1. The number of nitrogens with one attached hydrogen (secondary N) is 1. The van der Waals surface area contributed by atoms with Gasteiger partial charge in [-0.25, -0.2) is 4.52 Å². The van der Waals surface area contributed by atoms with Crippen LogP contribution >= 0.6 is 23.4 Å². The zero-order valence-corrected chi connectivity index (χ0v) is 19.4. The lowest BCUT2D eigenvalue weighted by molar-refractivity contribution is -0.113. The van der Waals surface area contributed by atoms with Crippen molar-refractivity contribution in [3.8, 4) is 17.0 Å². The van der Waals surface area contributed by atoms with E-state index in [-0.39, 0.29) is 11.7 Å². The molecule has 5 aromatic rings. The average Bonchev–Trinajstić information content (AvgIpc) is 3.43. The molecule has 166 valence electrons. The Kier molecular flexibility index (Phi) is 5.65. The third-order valence-electron chi connectivity index (χ3n) is 5.10. The molecule has 0 bridgehead atoms. The molecule has 2 aromatic carbocycles. The van der Waals surface area contributed by atoms with Gasteiger partial charge in [0.1, 0.15) is 11.3 Å². The molecule has 1 N–H and O–H groups in total. The van der Waals surface area contributed by atoms with E-state index >= 15 is 0 Å². The van der Waals surface area contributed by atoms with Crippen LogP contribution in [0.3, 0.4) is 0 Å². The molecule has 0 aliphatic carbocycles. The topological polar surface area (TPSA) is 85.8 Å². The Bertz CT molecular complexity index is 1480. The molecule has 0 unspecified atom stereocenters. The largest absolute Gasteiger partial charge is 0.497 e. The van der Waals surface area contributed by atoms with Crippen LogP contribution in [-0.2, 0) is 4.79 Å². The number of hydrogen-bond donors (Lipinski definition) is 1. The second kappa shape index (κ2) is 8.76. The molecule has 3 heterocycles. The van der Waals surface area contributed by atoms with E-state index in [0.717, 1.165) is 28.1 Å². The molecule has 0 radical (unpaired) electrons.